The van der Waals surface area contributed by atoms with Gasteiger partial charge in [-0.3, -0.25) is 0 Å². The first kappa shape index (κ1) is 14.9. The molecule has 0 radical (unpaired) electrons. The Morgan fingerprint density at radius 1 is 1.18 bits per heavy atom. The van der Waals surface area contributed by atoms with Crippen molar-refractivity contribution in [1.82, 2.24) is 10.1 Å². The number of fused-ring (bicyclic) bond motifs is 1. The van der Waals surface area contributed by atoms with Gasteiger partial charge in [-0.05, 0) is 22.8 Å². The largest absolute Gasteiger partial charge is 0.493 e. The zero-order chi connectivity index (χ0) is 15.5. The third-order valence-corrected chi connectivity index (χ3v) is 3.50. The predicted molar refractivity (Wildman–Crippen MR) is 87.1 cm³/mol. The first-order valence-corrected chi connectivity index (χ1v) is 7.76. The third-order valence-electron chi connectivity index (χ3n) is 3.27. The summed E-state index contributed by atoms with van der Waals surface area (Å²) in [7, 11) is 0. The van der Waals surface area contributed by atoms with E-state index < -0.39 is 0 Å². The van der Waals surface area contributed by atoms with Crippen molar-refractivity contribution in [3.63, 3.8) is 0 Å². The first-order chi connectivity index (χ1) is 10.7. The van der Waals surface area contributed by atoms with Gasteiger partial charge in [0.05, 0.1) is 12.2 Å². The van der Waals surface area contributed by atoms with E-state index in [0.717, 1.165) is 22.1 Å². The predicted octanol–water partition coefficient (Wildman–Crippen LogP) is 4.66. The van der Waals surface area contributed by atoms with Crippen molar-refractivity contribution in [2.75, 3.05) is 6.61 Å². The van der Waals surface area contributed by atoms with Crippen LogP contribution in [0.15, 0.2) is 40.9 Å². The number of halogens is 1. The maximum absolute atomic E-state index is 5.95. The second-order valence-corrected chi connectivity index (χ2v) is 5.78. The molecular weight excluding hydrogens is 300 g/mol. The number of ether oxygens (including phenoxy) is 1. The fourth-order valence-corrected chi connectivity index (χ4v) is 2.38. The van der Waals surface area contributed by atoms with E-state index in [0.29, 0.717) is 24.2 Å². The molecule has 0 N–H and O–H groups in total. The maximum Gasteiger partial charge on any atom is 0.241 e. The van der Waals surface area contributed by atoms with Crippen molar-refractivity contribution in [2.24, 2.45) is 5.92 Å². The molecule has 1 aromatic heterocycles. The minimum atomic E-state index is 0.194. The topological polar surface area (TPSA) is 48.2 Å². The van der Waals surface area contributed by atoms with Gasteiger partial charge in [0.2, 0.25) is 11.7 Å². The highest BCUT2D eigenvalue weighted by molar-refractivity contribution is 6.16. The summed E-state index contributed by atoms with van der Waals surface area (Å²) < 4.78 is 11.1. The van der Waals surface area contributed by atoms with Gasteiger partial charge in [-0.2, -0.15) is 4.98 Å². The Morgan fingerprint density at radius 2 is 2.00 bits per heavy atom. The van der Waals surface area contributed by atoms with Crippen LogP contribution < -0.4 is 4.74 Å². The SMILES string of the molecule is CC(C)COc1ccc2ccccc2c1-c1noc(CCl)n1. The molecule has 0 aliphatic heterocycles. The molecule has 0 bridgehead atoms. The molecule has 0 atom stereocenters. The summed E-state index contributed by atoms with van der Waals surface area (Å²) in [4.78, 5) is 4.35. The molecule has 2 aromatic carbocycles. The molecule has 22 heavy (non-hydrogen) atoms. The Labute approximate surface area is 134 Å². The standard InChI is InChI=1S/C17H17ClN2O2/c1-11(2)10-21-14-8-7-12-5-3-4-6-13(12)16(14)17-19-15(9-18)22-20-17/h3-8,11H,9-10H2,1-2H3. The molecular formula is C17H17ClN2O2. The molecule has 0 unspecified atom stereocenters. The first-order valence-electron chi connectivity index (χ1n) is 7.22. The van der Waals surface area contributed by atoms with Crippen LogP contribution in [0.25, 0.3) is 22.2 Å². The number of hydrogen-bond donors (Lipinski definition) is 0. The molecule has 0 aliphatic rings. The minimum absolute atomic E-state index is 0.194. The van der Waals surface area contributed by atoms with Crippen molar-refractivity contribution in [3.05, 3.63) is 42.3 Å². The van der Waals surface area contributed by atoms with Crippen LogP contribution in [0.1, 0.15) is 19.7 Å². The molecule has 0 fully saturated rings. The van der Waals surface area contributed by atoms with Crippen LogP contribution in [-0.2, 0) is 5.88 Å². The summed E-state index contributed by atoms with van der Waals surface area (Å²) in [5, 5.41) is 6.18. The van der Waals surface area contributed by atoms with Gasteiger partial charge >= 0.3 is 0 Å². The fourth-order valence-electron chi connectivity index (χ4n) is 2.27. The molecule has 4 nitrogen and oxygen atoms in total. The molecule has 0 spiro atoms. The normalized spacial score (nSPS) is 11.3. The van der Waals surface area contributed by atoms with Gasteiger partial charge in [0, 0.05) is 0 Å². The fraction of sp³-hybridized carbons (Fsp3) is 0.294. The van der Waals surface area contributed by atoms with Crippen LogP contribution in [0, 0.1) is 5.92 Å². The quantitative estimate of drug-likeness (QED) is 0.642. The molecule has 0 amide bonds. The van der Waals surface area contributed by atoms with Gasteiger partial charge in [-0.15, -0.1) is 11.6 Å². The van der Waals surface area contributed by atoms with Crippen LogP contribution >= 0.6 is 11.6 Å². The Kier molecular flexibility index (Phi) is 4.29. The molecule has 1 heterocycles. The number of hydrogen-bond acceptors (Lipinski definition) is 4. The Balaban J connectivity index is 2.15. The monoisotopic (exact) mass is 316 g/mol. The van der Waals surface area contributed by atoms with Crippen molar-refractivity contribution in [3.8, 4) is 17.1 Å². The molecule has 3 rings (SSSR count). The highest BCUT2D eigenvalue weighted by Gasteiger charge is 2.17. The Hall–Kier alpha value is -2.07. The lowest BCUT2D eigenvalue weighted by Crippen LogP contribution is -2.05. The van der Waals surface area contributed by atoms with E-state index in [1.807, 2.05) is 36.4 Å². The number of benzene rings is 2. The van der Waals surface area contributed by atoms with Gasteiger partial charge in [-0.25, -0.2) is 0 Å². The second-order valence-electron chi connectivity index (χ2n) is 5.51. The smallest absolute Gasteiger partial charge is 0.241 e. The summed E-state index contributed by atoms with van der Waals surface area (Å²) in [6.45, 7) is 4.85. The van der Waals surface area contributed by atoms with Crippen LogP contribution in [0.4, 0.5) is 0 Å². The van der Waals surface area contributed by atoms with E-state index in [9.17, 15) is 0 Å². The van der Waals surface area contributed by atoms with E-state index in [1.165, 1.54) is 0 Å². The number of nitrogens with zero attached hydrogens (tertiary/aromatic N) is 2. The van der Waals surface area contributed by atoms with Gasteiger partial charge < -0.3 is 9.26 Å². The van der Waals surface area contributed by atoms with Gasteiger partial charge in [-0.1, -0.05) is 49.3 Å². The molecule has 0 aliphatic carbocycles. The summed E-state index contributed by atoms with van der Waals surface area (Å²) in [5.41, 5.74) is 0.846. The second kappa shape index (κ2) is 6.36. The van der Waals surface area contributed by atoms with Gasteiger partial charge in [0.1, 0.15) is 11.6 Å². The maximum atomic E-state index is 5.95. The van der Waals surface area contributed by atoms with Crippen molar-refractivity contribution in [1.29, 1.82) is 0 Å². The summed E-state index contributed by atoms with van der Waals surface area (Å²) >= 11 is 5.76. The lowest BCUT2D eigenvalue weighted by molar-refractivity contribution is 0.272. The van der Waals surface area contributed by atoms with Gasteiger partial charge in [0.15, 0.2) is 0 Å². The lowest BCUT2D eigenvalue weighted by atomic mass is 10.0. The summed E-state index contributed by atoms with van der Waals surface area (Å²) in [6.07, 6.45) is 0. The number of aromatic nitrogens is 2. The van der Waals surface area contributed by atoms with Gasteiger partial charge in [0.25, 0.3) is 0 Å². The molecule has 0 saturated carbocycles. The molecule has 5 heteroatoms. The zero-order valence-electron chi connectivity index (χ0n) is 12.5. The summed E-state index contributed by atoms with van der Waals surface area (Å²) in [6, 6.07) is 12.1. The Morgan fingerprint density at radius 3 is 2.73 bits per heavy atom. The molecule has 114 valence electrons. The van der Waals surface area contributed by atoms with Crippen LogP contribution in [0.3, 0.4) is 0 Å². The van der Waals surface area contributed by atoms with E-state index in [-0.39, 0.29) is 5.88 Å². The number of alkyl halides is 1. The van der Waals surface area contributed by atoms with Crippen LogP contribution in [0.5, 0.6) is 5.75 Å². The highest BCUT2D eigenvalue weighted by Crippen LogP contribution is 2.35. The van der Waals surface area contributed by atoms with Crippen LogP contribution in [0.2, 0.25) is 0 Å². The van der Waals surface area contributed by atoms with Crippen molar-refractivity contribution < 1.29 is 9.26 Å². The average Bonchev–Trinajstić information content (AvgIpc) is 3.00. The zero-order valence-corrected chi connectivity index (χ0v) is 13.3. The number of rotatable bonds is 5. The highest BCUT2D eigenvalue weighted by atomic mass is 35.5. The van der Waals surface area contributed by atoms with Crippen LogP contribution in [-0.4, -0.2) is 16.7 Å². The summed E-state index contributed by atoms with van der Waals surface area (Å²) in [5.74, 6) is 2.29. The minimum Gasteiger partial charge on any atom is -0.493 e. The van der Waals surface area contributed by atoms with E-state index in [4.69, 9.17) is 20.9 Å². The lowest BCUT2D eigenvalue weighted by Gasteiger charge is -2.13. The van der Waals surface area contributed by atoms with Crippen molar-refractivity contribution >= 4 is 22.4 Å². The van der Waals surface area contributed by atoms with E-state index in [1.54, 1.807) is 0 Å². The molecule has 0 saturated heterocycles. The third kappa shape index (κ3) is 2.92. The van der Waals surface area contributed by atoms with Crippen molar-refractivity contribution in [2.45, 2.75) is 19.7 Å². The molecule has 3 aromatic rings. The Bertz CT molecular complexity index is 783. The average molecular weight is 317 g/mol. The van der Waals surface area contributed by atoms with E-state index in [2.05, 4.69) is 24.0 Å². The van der Waals surface area contributed by atoms with E-state index >= 15 is 0 Å².